The van der Waals surface area contributed by atoms with E-state index in [1.807, 2.05) is 13.8 Å². The Hall–Kier alpha value is -1.49. The minimum atomic E-state index is -0.336. The van der Waals surface area contributed by atoms with Crippen molar-refractivity contribution in [3.8, 4) is 0 Å². The van der Waals surface area contributed by atoms with Crippen LogP contribution in [0.3, 0.4) is 0 Å². The molecule has 0 aliphatic carbocycles. The van der Waals surface area contributed by atoms with Crippen LogP contribution in [-0.2, 0) is 0 Å². The summed E-state index contributed by atoms with van der Waals surface area (Å²) in [6.45, 7) is 6.93. The maximum Gasteiger partial charge on any atom is 0.254 e. The molecule has 2 N–H and O–H groups in total. The SMILES string of the molecule is Cc1cc(F)ccc1C(=O)N(CCC(N)=S)CC(C)C. The fraction of sp³-hybridized carbons (Fsp3) is 0.467. The van der Waals surface area contributed by atoms with E-state index in [1.54, 1.807) is 11.8 Å². The minimum Gasteiger partial charge on any atom is -0.393 e. The number of carbonyl (C=O) groups excluding carboxylic acids is 1. The molecule has 0 atom stereocenters. The first kappa shape index (κ1) is 16.6. The molecule has 20 heavy (non-hydrogen) atoms. The van der Waals surface area contributed by atoms with Gasteiger partial charge in [-0.3, -0.25) is 4.79 Å². The van der Waals surface area contributed by atoms with E-state index in [2.05, 4.69) is 0 Å². The zero-order valence-electron chi connectivity index (χ0n) is 12.1. The summed E-state index contributed by atoms with van der Waals surface area (Å²) in [4.78, 5) is 14.7. The van der Waals surface area contributed by atoms with Crippen molar-refractivity contribution >= 4 is 23.1 Å². The maximum absolute atomic E-state index is 13.1. The summed E-state index contributed by atoms with van der Waals surface area (Å²) in [5.41, 5.74) is 6.67. The number of aryl methyl sites for hydroxylation is 1. The highest BCUT2D eigenvalue weighted by molar-refractivity contribution is 7.80. The normalized spacial score (nSPS) is 10.7. The predicted molar refractivity (Wildman–Crippen MR) is 83.3 cm³/mol. The van der Waals surface area contributed by atoms with Crippen LogP contribution in [0.5, 0.6) is 0 Å². The Bertz CT molecular complexity index is 503. The number of nitrogens with two attached hydrogens (primary N) is 1. The molecule has 0 heterocycles. The summed E-state index contributed by atoms with van der Waals surface area (Å²) in [6.07, 6.45) is 0.494. The lowest BCUT2D eigenvalue weighted by atomic mass is 10.1. The Morgan fingerprint density at radius 3 is 2.60 bits per heavy atom. The fourth-order valence-corrected chi connectivity index (χ4v) is 2.09. The zero-order valence-corrected chi connectivity index (χ0v) is 13.0. The van der Waals surface area contributed by atoms with Crippen LogP contribution >= 0.6 is 12.2 Å². The van der Waals surface area contributed by atoms with Crippen LogP contribution in [0.15, 0.2) is 18.2 Å². The monoisotopic (exact) mass is 296 g/mol. The Morgan fingerprint density at radius 2 is 2.10 bits per heavy atom. The van der Waals surface area contributed by atoms with E-state index in [9.17, 15) is 9.18 Å². The van der Waals surface area contributed by atoms with Crippen molar-refractivity contribution in [1.29, 1.82) is 0 Å². The first-order valence-electron chi connectivity index (χ1n) is 6.65. The van der Waals surface area contributed by atoms with Crippen molar-refractivity contribution < 1.29 is 9.18 Å². The Balaban J connectivity index is 2.93. The number of carbonyl (C=O) groups is 1. The molecule has 0 bridgehead atoms. The lowest BCUT2D eigenvalue weighted by Gasteiger charge is -2.25. The summed E-state index contributed by atoms with van der Waals surface area (Å²) in [6, 6.07) is 4.21. The molecule has 1 amide bonds. The highest BCUT2D eigenvalue weighted by Gasteiger charge is 2.18. The zero-order chi connectivity index (χ0) is 15.3. The third kappa shape index (κ3) is 4.89. The lowest BCUT2D eigenvalue weighted by molar-refractivity contribution is 0.0740. The molecule has 0 aliphatic rings. The molecule has 0 saturated heterocycles. The molecule has 0 saturated carbocycles. The largest absolute Gasteiger partial charge is 0.393 e. The molecule has 5 heteroatoms. The van der Waals surface area contributed by atoms with Crippen molar-refractivity contribution in [1.82, 2.24) is 4.90 Å². The van der Waals surface area contributed by atoms with Gasteiger partial charge in [0.25, 0.3) is 5.91 Å². The Morgan fingerprint density at radius 1 is 1.45 bits per heavy atom. The van der Waals surface area contributed by atoms with Gasteiger partial charge >= 0.3 is 0 Å². The molecular formula is C15H21FN2OS. The summed E-state index contributed by atoms with van der Waals surface area (Å²) in [7, 11) is 0. The molecule has 0 aliphatic heterocycles. The van der Waals surface area contributed by atoms with Gasteiger partial charge in [-0.25, -0.2) is 4.39 Å². The van der Waals surface area contributed by atoms with Gasteiger partial charge in [-0.15, -0.1) is 0 Å². The van der Waals surface area contributed by atoms with Crippen molar-refractivity contribution in [2.45, 2.75) is 27.2 Å². The van der Waals surface area contributed by atoms with Crippen LogP contribution in [0.25, 0.3) is 0 Å². The summed E-state index contributed by atoms with van der Waals surface area (Å²) >= 11 is 4.86. The van der Waals surface area contributed by atoms with Crippen LogP contribution < -0.4 is 5.73 Å². The maximum atomic E-state index is 13.1. The minimum absolute atomic E-state index is 0.104. The van der Waals surface area contributed by atoms with Crippen molar-refractivity contribution in [3.63, 3.8) is 0 Å². The second kappa shape index (κ2) is 7.33. The lowest BCUT2D eigenvalue weighted by Crippen LogP contribution is -2.36. The van der Waals surface area contributed by atoms with E-state index in [-0.39, 0.29) is 11.7 Å². The molecule has 0 unspecified atom stereocenters. The van der Waals surface area contributed by atoms with Gasteiger partial charge in [0, 0.05) is 25.1 Å². The van der Waals surface area contributed by atoms with Gasteiger partial charge in [0.05, 0.1) is 4.99 Å². The van der Waals surface area contributed by atoms with E-state index in [0.717, 1.165) is 0 Å². The van der Waals surface area contributed by atoms with Crippen molar-refractivity contribution in [2.24, 2.45) is 11.7 Å². The molecule has 0 aromatic heterocycles. The van der Waals surface area contributed by atoms with Crippen molar-refractivity contribution in [3.05, 3.63) is 35.1 Å². The van der Waals surface area contributed by atoms with Gasteiger partial charge in [-0.1, -0.05) is 26.1 Å². The average molecular weight is 296 g/mol. The molecule has 3 nitrogen and oxygen atoms in total. The van der Waals surface area contributed by atoms with Crippen LogP contribution in [-0.4, -0.2) is 28.9 Å². The number of thiocarbonyl (C=S) groups is 1. The second-order valence-electron chi connectivity index (χ2n) is 5.32. The number of halogens is 1. The molecule has 1 rings (SSSR count). The Labute approximate surface area is 125 Å². The molecular weight excluding hydrogens is 275 g/mol. The van der Waals surface area contributed by atoms with E-state index in [4.69, 9.17) is 18.0 Å². The number of nitrogens with zero attached hydrogens (tertiary/aromatic N) is 1. The molecule has 0 spiro atoms. The third-order valence-corrected chi connectivity index (χ3v) is 3.12. The first-order chi connectivity index (χ1) is 9.31. The summed E-state index contributed by atoms with van der Waals surface area (Å²) in [5, 5.41) is 0. The van der Waals surface area contributed by atoms with Gasteiger partial charge < -0.3 is 10.6 Å². The average Bonchev–Trinajstić information content (AvgIpc) is 2.33. The van der Waals surface area contributed by atoms with Crippen LogP contribution in [0.4, 0.5) is 4.39 Å². The Kier molecular flexibility index (Phi) is 6.07. The fourth-order valence-electron chi connectivity index (χ4n) is 2.00. The quantitative estimate of drug-likeness (QED) is 0.821. The van der Waals surface area contributed by atoms with E-state index in [0.29, 0.717) is 41.5 Å². The van der Waals surface area contributed by atoms with Crippen LogP contribution in [0, 0.1) is 18.7 Å². The first-order valence-corrected chi connectivity index (χ1v) is 7.05. The summed E-state index contributed by atoms with van der Waals surface area (Å²) in [5.74, 6) is -0.101. The predicted octanol–water partition coefficient (Wildman–Crippen LogP) is 2.91. The van der Waals surface area contributed by atoms with Gasteiger partial charge in [-0.2, -0.15) is 0 Å². The molecule has 1 aromatic rings. The number of amides is 1. The van der Waals surface area contributed by atoms with E-state index < -0.39 is 0 Å². The number of hydrogen-bond donors (Lipinski definition) is 1. The smallest absolute Gasteiger partial charge is 0.254 e. The van der Waals surface area contributed by atoms with Gasteiger partial charge in [0.15, 0.2) is 0 Å². The molecule has 0 radical (unpaired) electrons. The van der Waals surface area contributed by atoms with Gasteiger partial charge in [0.1, 0.15) is 5.82 Å². The third-order valence-electron chi connectivity index (χ3n) is 2.92. The standard InChI is InChI=1S/C15H21FN2OS/c1-10(2)9-18(7-6-14(17)20)15(19)13-5-4-12(16)8-11(13)3/h4-5,8,10H,6-7,9H2,1-3H3,(H2,17,20). The molecule has 1 aromatic carbocycles. The van der Waals surface area contributed by atoms with Crippen molar-refractivity contribution in [2.75, 3.05) is 13.1 Å². The number of hydrogen-bond acceptors (Lipinski definition) is 2. The second-order valence-corrected chi connectivity index (χ2v) is 5.84. The van der Waals surface area contributed by atoms with E-state index in [1.165, 1.54) is 18.2 Å². The number of rotatable bonds is 6. The van der Waals surface area contributed by atoms with Crippen LogP contribution in [0.1, 0.15) is 36.2 Å². The summed E-state index contributed by atoms with van der Waals surface area (Å²) < 4.78 is 13.1. The van der Waals surface area contributed by atoms with Gasteiger partial charge in [-0.05, 0) is 36.6 Å². The van der Waals surface area contributed by atoms with Gasteiger partial charge in [0.2, 0.25) is 0 Å². The highest BCUT2D eigenvalue weighted by Crippen LogP contribution is 2.14. The molecule has 110 valence electrons. The topological polar surface area (TPSA) is 46.3 Å². The van der Waals surface area contributed by atoms with E-state index >= 15 is 0 Å². The van der Waals surface area contributed by atoms with Crippen LogP contribution in [0.2, 0.25) is 0 Å². The highest BCUT2D eigenvalue weighted by atomic mass is 32.1. The molecule has 0 fully saturated rings. The number of benzene rings is 1.